The minimum Gasteiger partial charge on any atom is -0.494 e. The molecule has 4 rings (SSSR count). The van der Waals surface area contributed by atoms with Gasteiger partial charge in [0.15, 0.2) is 0 Å². The van der Waals surface area contributed by atoms with E-state index in [-0.39, 0.29) is 36.4 Å². The van der Waals surface area contributed by atoms with E-state index < -0.39 is 10.1 Å². The summed E-state index contributed by atoms with van der Waals surface area (Å²) in [5.74, 6) is 1.82. The van der Waals surface area contributed by atoms with Gasteiger partial charge in [0, 0.05) is 25.1 Å². The Balaban J connectivity index is 1.48. The summed E-state index contributed by atoms with van der Waals surface area (Å²) in [6, 6.07) is 24.6. The van der Waals surface area contributed by atoms with Crippen LogP contribution in [0.25, 0.3) is 0 Å². The maximum atomic E-state index is 12.9. The molecule has 1 aromatic heterocycles. The van der Waals surface area contributed by atoms with Crippen molar-refractivity contribution in [2.24, 2.45) is 0 Å². The molecular weight excluding hydrogens is 556 g/mol. The second-order valence-corrected chi connectivity index (χ2v) is 11.0. The van der Waals surface area contributed by atoms with E-state index in [1.165, 1.54) is 19.1 Å². The molecule has 0 saturated heterocycles. The van der Waals surface area contributed by atoms with Crippen LogP contribution in [0.1, 0.15) is 31.4 Å². The molecule has 220 valence electrons. The van der Waals surface area contributed by atoms with Gasteiger partial charge in [-0.3, -0.25) is 8.98 Å². The van der Waals surface area contributed by atoms with E-state index in [0.29, 0.717) is 41.5 Å². The number of aryl methyl sites for hydroxylation is 1. The molecule has 0 aliphatic heterocycles. The van der Waals surface area contributed by atoms with Crippen LogP contribution in [0.5, 0.6) is 23.1 Å². The van der Waals surface area contributed by atoms with E-state index in [1.807, 2.05) is 50.2 Å². The number of carbonyl (C=O) groups is 1. The fourth-order valence-electron chi connectivity index (χ4n) is 4.06. The van der Waals surface area contributed by atoms with E-state index in [9.17, 15) is 13.2 Å². The number of para-hydroxylation sites is 1. The van der Waals surface area contributed by atoms with E-state index in [4.69, 9.17) is 18.4 Å². The number of benzene rings is 3. The SMILES string of the molecule is CCOc1ccc(OCCCOS(=O)(=O)c2ccc(C)cc2)c(CN(C(C)=O)c2cccnc2Oc2ccccc2)c1. The summed E-state index contributed by atoms with van der Waals surface area (Å²) in [6.45, 7) is 6.02. The van der Waals surface area contributed by atoms with Crippen molar-refractivity contribution in [3.63, 3.8) is 0 Å². The molecule has 0 unspecified atom stereocenters. The monoisotopic (exact) mass is 590 g/mol. The lowest BCUT2D eigenvalue weighted by atomic mass is 10.1. The summed E-state index contributed by atoms with van der Waals surface area (Å²) in [4.78, 5) is 18.9. The molecule has 0 atom stereocenters. The summed E-state index contributed by atoms with van der Waals surface area (Å²) in [7, 11) is -3.86. The number of aromatic nitrogens is 1. The van der Waals surface area contributed by atoms with Crippen molar-refractivity contribution in [2.45, 2.75) is 38.6 Å². The Bertz CT molecular complexity index is 1580. The van der Waals surface area contributed by atoms with Gasteiger partial charge in [0.05, 0.1) is 31.3 Å². The highest BCUT2D eigenvalue weighted by molar-refractivity contribution is 7.86. The number of carbonyl (C=O) groups excluding carboxylic acids is 1. The molecule has 0 spiro atoms. The molecule has 0 N–H and O–H groups in total. The molecule has 1 heterocycles. The average molecular weight is 591 g/mol. The van der Waals surface area contributed by atoms with Crippen LogP contribution >= 0.6 is 0 Å². The Morgan fingerprint density at radius 1 is 0.881 bits per heavy atom. The average Bonchev–Trinajstić information content (AvgIpc) is 2.98. The Hall–Kier alpha value is -4.41. The van der Waals surface area contributed by atoms with Crippen LogP contribution in [0.3, 0.4) is 0 Å². The third-order valence-corrected chi connectivity index (χ3v) is 7.47. The van der Waals surface area contributed by atoms with Crippen molar-refractivity contribution in [1.29, 1.82) is 0 Å². The standard InChI is InChI=1S/C32H34N2O7S/c1-4-38-28-15-18-31(39-20-9-21-40-42(36,37)29-16-13-24(2)14-17-29)26(22-28)23-34(25(3)35)30-12-8-19-33-32(30)41-27-10-6-5-7-11-27/h5-8,10-19,22H,4,9,20-21,23H2,1-3H3. The van der Waals surface area contributed by atoms with Gasteiger partial charge in [-0.15, -0.1) is 0 Å². The summed E-state index contributed by atoms with van der Waals surface area (Å²) >= 11 is 0. The number of anilines is 1. The Morgan fingerprint density at radius 2 is 1.64 bits per heavy atom. The van der Waals surface area contributed by atoms with Gasteiger partial charge >= 0.3 is 0 Å². The van der Waals surface area contributed by atoms with Gasteiger partial charge in [-0.05, 0) is 68.4 Å². The molecule has 42 heavy (non-hydrogen) atoms. The van der Waals surface area contributed by atoms with E-state index in [0.717, 1.165) is 5.56 Å². The fraction of sp³-hybridized carbons (Fsp3) is 0.250. The number of nitrogens with zero attached hydrogens (tertiary/aromatic N) is 2. The smallest absolute Gasteiger partial charge is 0.296 e. The number of rotatable bonds is 14. The number of ether oxygens (including phenoxy) is 3. The summed E-state index contributed by atoms with van der Waals surface area (Å²) < 4.78 is 47.9. The zero-order chi connectivity index (χ0) is 30.0. The molecule has 0 aliphatic carbocycles. The molecular formula is C32H34N2O7S. The predicted octanol–water partition coefficient (Wildman–Crippen LogP) is 6.31. The number of amides is 1. The number of hydrogen-bond acceptors (Lipinski definition) is 8. The van der Waals surface area contributed by atoms with Gasteiger partial charge in [0.25, 0.3) is 10.1 Å². The molecule has 3 aromatic carbocycles. The van der Waals surface area contributed by atoms with Crippen molar-refractivity contribution in [3.8, 4) is 23.1 Å². The minimum atomic E-state index is -3.86. The Morgan fingerprint density at radius 3 is 2.36 bits per heavy atom. The molecule has 0 fully saturated rings. The minimum absolute atomic E-state index is 0.0436. The van der Waals surface area contributed by atoms with Crippen LogP contribution in [-0.4, -0.2) is 39.1 Å². The third kappa shape index (κ3) is 8.31. The van der Waals surface area contributed by atoms with Crippen LogP contribution < -0.4 is 19.1 Å². The predicted molar refractivity (Wildman–Crippen MR) is 160 cm³/mol. The zero-order valence-corrected chi connectivity index (χ0v) is 24.7. The van der Waals surface area contributed by atoms with Gasteiger partial charge < -0.3 is 19.1 Å². The van der Waals surface area contributed by atoms with Crippen LogP contribution in [0.4, 0.5) is 5.69 Å². The van der Waals surface area contributed by atoms with Gasteiger partial charge in [-0.1, -0.05) is 35.9 Å². The first kappa shape index (κ1) is 30.5. The second kappa shape index (κ2) is 14.5. The van der Waals surface area contributed by atoms with Gasteiger partial charge in [0.2, 0.25) is 11.8 Å². The van der Waals surface area contributed by atoms with Crippen LogP contribution in [0.2, 0.25) is 0 Å². The quantitative estimate of drug-likeness (QED) is 0.124. The van der Waals surface area contributed by atoms with Crippen LogP contribution in [0, 0.1) is 6.92 Å². The number of pyridine rings is 1. The maximum Gasteiger partial charge on any atom is 0.296 e. The molecule has 0 saturated carbocycles. The molecule has 10 heteroatoms. The van der Waals surface area contributed by atoms with Crippen molar-refractivity contribution in [1.82, 2.24) is 4.98 Å². The van der Waals surface area contributed by atoms with Crippen molar-refractivity contribution in [3.05, 3.63) is 102 Å². The Kier molecular flexibility index (Phi) is 10.5. The second-order valence-electron chi connectivity index (χ2n) is 9.34. The molecule has 0 bridgehead atoms. The molecule has 0 radical (unpaired) electrons. The Labute approximate surface area is 246 Å². The lowest BCUT2D eigenvalue weighted by molar-refractivity contribution is -0.116. The van der Waals surface area contributed by atoms with Crippen LogP contribution in [0.15, 0.2) is 96.0 Å². The highest BCUT2D eigenvalue weighted by Gasteiger charge is 2.21. The van der Waals surface area contributed by atoms with Gasteiger partial charge in [-0.25, -0.2) is 4.98 Å². The summed E-state index contributed by atoms with van der Waals surface area (Å²) in [5.41, 5.74) is 2.15. The highest BCUT2D eigenvalue weighted by atomic mass is 32.2. The normalized spacial score (nSPS) is 11.1. The van der Waals surface area contributed by atoms with Crippen molar-refractivity contribution in [2.75, 3.05) is 24.7 Å². The third-order valence-electron chi connectivity index (χ3n) is 6.15. The van der Waals surface area contributed by atoms with E-state index in [2.05, 4.69) is 4.98 Å². The van der Waals surface area contributed by atoms with Gasteiger partial charge in [-0.2, -0.15) is 8.42 Å². The lowest BCUT2D eigenvalue weighted by Crippen LogP contribution is -2.28. The summed E-state index contributed by atoms with van der Waals surface area (Å²) in [5, 5.41) is 0. The molecule has 9 nitrogen and oxygen atoms in total. The van der Waals surface area contributed by atoms with E-state index >= 15 is 0 Å². The molecule has 0 aliphatic rings. The largest absolute Gasteiger partial charge is 0.494 e. The first-order valence-electron chi connectivity index (χ1n) is 13.6. The lowest BCUT2D eigenvalue weighted by Gasteiger charge is -2.24. The topological polar surface area (TPSA) is 104 Å². The first-order valence-corrected chi connectivity index (χ1v) is 15.0. The van der Waals surface area contributed by atoms with Crippen LogP contribution in [-0.2, 0) is 25.6 Å². The molecule has 1 amide bonds. The molecule has 4 aromatic rings. The number of hydrogen-bond donors (Lipinski definition) is 0. The van der Waals surface area contributed by atoms with E-state index in [1.54, 1.807) is 47.5 Å². The highest BCUT2D eigenvalue weighted by Crippen LogP contribution is 2.33. The zero-order valence-electron chi connectivity index (χ0n) is 23.9. The first-order chi connectivity index (χ1) is 20.3. The summed E-state index contributed by atoms with van der Waals surface area (Å²) in [6.07, 6.45) is 1.93. The fourth-order valence-corrected chi connectivity index (χ4v) is 5.01. The maximum absolute atomic E-state index is 12.9. The van der Waals surface area contributed by atoms with Gasteiger partial charge in [0.1, 0.15) is 22.9 Å². The van der Waals surface area contributed by atoms with Crippen molar-refractivity contribution < 1.29 is 31.6 Å². The van der Waals surface area contributed by atoms with Crippen molar-refractivity contribution >= 4 is 21.7 Å².